The van der Waals surface area contributed by atoms with E-state index in [0.717, 1.165) is 51.4 Å². The van der Waals surface area contributed by atoms with Gasteiger partial charge < -0.3 is 20.0 Å². The van der Waals surface area contributed by atoms with Gasteiger partial charge in [0.1, 0.15) is 0 Å². The molecule has 0 aliphatic heterocycles. The number of hydrogen-bond acceptors (Lipinski definition) is 4. The lowest BCUT2D eigenvalue weighted by molar-refractivity contribution is 0.221. The van der Waals surface area contributed by atoms with Crippen LogP contribution < -0.4 is 0 Å². The van der Waals surface area contributed by atoms with E-state index in [4.69, 9.17) is 10.2 Å². The maximum atomic E-state index is 11.3. The average Bonchev–Trinajstić information content (AvgIpc) is 2.63. The number of hydrogen-bond donors (Lipinski definition) is 4. The van der Waals surface area contributed by atoms with Gasteiger partial charge in [-0.3, -0.25) is 9.13 Å². The third-order valence-corrected chi connectivity index (χ3v) is 7.82. The Balaban J connectivity index is -0.000000344. The van der Waals surface area contributed by atoms with E-state index in [2.05, 4.69) is 0 Å². The zero-order valence-electron chi connectivity index (χ0n) is 18.1. The molecule has 0 bridgehead atoms. The van der Waals surface area contributed by atoms with E-state index in [-0.39, 0.29) is 13.2 Å². The summed E-state index contributed by atoms with van der Waals surface area (Å²) < 4.78 is 22.6. The zero-order valence-corrected chi connectivity index (χ0v) is 19.9. The van der Waals surface area contributed by atoms with Crippen molar-refractivity contribution in [2.24, 2.45) is 0 Å². The summed E-state index contributed by atoms with van der Waals surface area (Å²) in [5, 5.41) is 15.8. The average molecular weight is 433 g/mol. The Morgan fingerprint density at radius 2 is 0.741 bits per heavy atom. The summed E-state index contributed by atoms with van der Waals surface area (Å²) in [5.74, 6) is 0. The van der Waals surface area contributed by atoms with Gasteiger partial charge in [-0.25, -0.2) is 0 Å². The van der Waals surface area contributed by atoms with Gasteiger partial charge in [0.15, 0.2) is 0 Å². The lowest BCUT2D eigenvalue weighted by Crippen LogP contribution is -1.93. The molecule has 0 atom stereocenters. The van der Waals surface area contributed by atoms with Gasteiger partial charge in [0.05, 0.1) is 0 Å². The third-order valence-electron chi connectivity index (χ3n) is 3.76. The topological polar surface area (TPSA) is 115 Å². The second-order valence-corrected chi connectivity index (χ2v) is 12.0. The van der Waals surface area contributed by atoms with Crippen molar-refractivity contribution in [1.29, 1.82) is 0 Å². The van der Waals surface area contributed by atoms with E-state index in [1.165, 1.54) is 0 Å². The van der Waals surface area contributed by atoms with Crippen molar-refractivity contribution in [2.75, 3.05) is 37.9 Å². The number of aliphatic hydroxyl groups is 2. The predicted molar refractivity (Wildman–Crippen MR) is 118 cm³/mol. The quantitative estimate of drug-likeness (QED) is 0.285. The van der Waals surface area contributed by atoms with Gasteiger partial charge in [-0.05, 0) is 32.1 Å². The molecule has 0 rings (SSSR count). The van der Waals surface area contributed by atoms with Crippen LogP contribution in [0.5, 0.6) is 0 Å². The Kier molecular flexibility index (Phi) is 26.8. The minimum absolute atomic E-state index is 0.0938. The van der Waals surface area contributed by atoms with Crippen LogP contribution in [-0.4, -0.2) is 57.9 Å². The second kappa shape index (κ2) is 22.6. The Morgan fingerprint density at radius 3 is 0.852 bits per heavy atom. The van der Waals surface area contributed by atoms with Crippen molar-refractivity contribution in [3.05, 3.63) is 0 Å². The van der Waals surface area contributed by atoms with Gasteiger partial charge in [-0.2, -0.15) is 0 Å². The molecular weight excluding hydrogens is 386 g/mol. The third kappa shape index (κ3) is 31.2. The molecule has 0 saturated carbocycles. The summed E-state index contributed by atoms with van der Waals surface area (Å²) in [6, 6.07) is 0. The van der Waals surface area contributed by atoms with Crippen LogP contribution in [0.2, 0.25) is 0 Å². The minimum atomic E-state index is -2.73. The highest BCUT2D eigenvalue weighted by Gasteiger charge is 2.16. The lowest BCUT2D eigenvalue weighted by atomic mass is 10.4. The van der Waals surface area contributed by atoms with E-state index in [0.29, 0.717) is 31.1 Å². The lowest BCUT2D eigenvalue weighted by Gasteiger charge is -2.09. The normalized spacial score (nSPS) is 11.3. The summed E-state index contributed by atoms with van der Waals surface area (Å²) in [6.45, 7) is 8.35. The summed E-state index contributed by atoms with van der Waals surface area (Å²) in [6.07, 6.45) is 10.2. The minimum Gasteiger partial charge on any atom is -0.396 e. The first kappa shape index (κ1) is 32.0. The Bertz CT molecular complexity index is 319. The first-order chi connectivity index (χ1) is 12.7. The highest BCUT2D eigenvalue weighted by Crippen LogP contribution is 2.42. The summed E-state index contributed by atoms with van der Waals surface area (Å²) in [5.41, 5.74) is 0. The molecule has 0 amide bonds. The van der Waals surface area contributed by atoms with Gasteiger partial charge in [0.25, 0.3) is 0 Å². The second-order valence-electron chi connectivity index (χ2n) is 6.80. The van der Waals surface area contributed by atoms with Crippen molar-refractivity contribution in [3.63, 3.8) is 0 Å². The summed E-state index contributed by atoms with van der Waals surface area (Å²) in [4.78, 5) is 18.7. The predicted octanol–water partition coefficient (Wildman–Crippen LogP) is 5.08. The molecule has 0 aromatic heterocycles. The molecule has 0 aromatic carbocycles. The molecule has 27 heavy (non-hydrogen) atoms. The van der Waals surface area contributed by atoms with Crippen molar-refractivity contribution in [2.45, 2.75) is 85.5 Å². The van der Waals surface area contributed by atoms with Crippen molar-refractivity contribution < 1.29 is 29.1 Å². The molecule has 168 valence electrons. The smallest absolute Gasteiger partial charge is 0.200 e. The molecule has 0 heterocycles. The maximum Gasteiger partial charge on any atom is 0.200 e. The molecule has 0 unspecified atom stereocenters. The van der Waals surface area contributed by atoms with Crippen LogP contribution >= 0.6 is 14.7 Å². The fraction of sp³-hybridized carbons (Fsp3) is 1.00. The fourth-order valence-electron chi connectivity index (χ4n) is 1.92. The SMILES string of the molecule is CCCCP(=O)(O)CCCC.CCCCP(=O)(O)CCCC.OCCCO. The van der Waals surface area contributed by atoms with Crippen molar-refractivity contribution in [3.8, 4) is 0 Å². The summed E-state index contributed by atoms with van der Waals surface area (Å²) >= 11 is 0. The van der Waals surface area contributed by atoms with Gasteiger partial charge in [0.2, 0.25) is 14.7 Å². The molecule has 6 nitrogen and oxygen atoms in total. The number of unbranched alkanes of at least 4 members (excludes halogenated alkanes) is 4. The molecule has 0 aliphatic rings. The zero-order chi connectivity index (χ0) is 21.6. The van der Waals surface area contributed by atoms with Crippen molar-refractivity contribution >= 4 is 14.7 Å². The van der Waals surface area contributed by atoms with E-state index in [1.807, 2.05) is 27.7 Å². The molecule has 8 heteroatoms. The van der Waals surface area contributed by atoms with Crippen LogP contribution in [0.1, 0.15) is 85.5 Å². The largest absolute Gasteiger partial charge is 0.396 e. The van der Waals surface area contributed by atoms with Gasteiger partial charge >= 0.3 is 0 Å². The molecule has 0 aromatic rings. The van der Waals surface area contributed by atoms with Crippen LogP contribution in [0.4, 0.5) is 0 Å². The number of aliphatic hydroxyl groups excluding tert-OH is 2. The first-order valence-corrected chi connectivity index (χ1v) is 14.6. The van der Waals surface area contributed by atoms with E-state index in [1.54, 1.807) is 0 Å². The molecular formula is C19H46O6P2. The molecule has 0 spiro atoms. The fourth-order valence-corrected chi connectivity index (χ4v) is 5.60. The first-order valence-electron chi connectivity index (χ1n) is 10.5. The van der Waals surface area contributed by atoms with Crippen LogP contribution in [-0.2, 0) is 9.13 Å². The van der Waals surface area contributed by atoms with E-state index >= 15 is 0 Å². The van der Waals surface area contributed by atoms with Crippen LogP contribution in [0.25, 0.3) is 0 Å². The molecule has 0 radical (unpaired) electrons. The maximum absolute atomic E-state index is 11.3. The monoisotopic (exact) mass is 432 g/mol. The number of rotatable bonds is 14. The standard InChI is InChI=1S/2C8H19O2P.C3H8O2/c2*1-3-5-7-11(9,10)8-6-4-2;4-2-1-3-5/h2*3-8H2,1-2H3,(H,9,10);4-5H,1-3H2. The van der Waals surface area contributed by atoms with Crippen LogP contribution in [0, 0.1) is 0 Å². The van der Waals surface area contributed by atoms with Gasteiger partial charge in [-0.15, -0.1) is 0 Å². The Labute approximate surface area is 167 Å². The Hall–Kier alpha value is 0.300. The van der Waals surface area contributed by atoms with E-state index in [9.17, 15) is 18.9 Å². The molecule has 4 N–H and O–H groups in total. The molecule has 0 fully saturated rings. The molecule has 0 aliphatic carbocycles. The Morgan fingerprint density at radius 1 is 0.519 bits per heavy atom. The van der Waals surface area contributed by atoms with Gasteiger partial charge in [-0.1, -0.05) is 53.4 Å². The summed E-state index contributed by atoms with van der Waals surface area (Å²) in [7, 11) is -5.45. The molecule has 0 saturated heterocycles. The van der Waals surface area contributed by atoms with Crippen LogP contribution in [0.15, 0.2) is 0 Å². The van der Waals surface area contributed by atoms with E-state index < -0.39 is 14.7 Å². The van der Waals surface area contributed by atoms with Crippen molar-refractivity contribution in [1.82, 2.24) is 0 Å². The highest BCUT2D eigenvalue weighted by atomic mass is 31.2. The van der Waals surface area contributed by atoms with Crippen LogP contribution in [0.3, 0.4) is 0 Å². The highest BCUT2D eigenvalue weighted by molar-refractivity contribution is 7.58. The van der Waals surface area contributed by atoms with Gasteiger partial charge in [0, 0.05) is 37.9 Å².